The van der Waals surface area contributed by atoms with Crippen LogP contribution in [-0.4, -0.2) is 30.3 Å². The predicted molar refractivity (Wildman–Crippen MR) is 91.3 cm³/mol. The molecular weight excluding hydrogens is 296 g/mol. The molecule has 2 rings (SSSR count). The van der Waals surface area contributed by atoms with Gasteiger partial charge in [0.05, 0.1) is 12.2 Å². The van der Waals surface area contributed by atoms with Crippen molar-refractivity contribution in [3.63, 3.8) is 0 Å². The lowest BCUT2D eigenvalue weighted by atomic mass is 10.4. The molecule has 2 aromatic rings. The summed E-state index contributed by atoms with van der Waals surface area (Å²) in [5.41, 5.74) is 0.930. The summed E-state index contributed by atoms with van der Waals surface area (Å²) < 4.78 is 5.53. The van der Waals surface area contributed by atoms with Crippen molar-refractivity contribution in [1.29, 1.82) is 0 Å². The monoisotopic (exact) mass is 318 g/mol. The minimum Gasteiger partial charge on any atom is -0.444 e. The van der Waals surface area contributed by atoms with E-state index in [4.69, 9.17) is 4.42 Å². The Morgan fingerprint density at radius 1 is 1.23 bits per heavy atom. The van der Waals surface area contributed by atoms with E-state index in [1.165, 1.54) is 4.90 Å². The molecule has 0 amide bonds. The normalized spacial score (nSPS) is 11.5. The number of guanidine groups is 1. The summed E-state index contributed by atoms with van der Waals surface area (Å²) in [5.74, 6) is 3.26. The van der Waals surface area contributed by atoms with Crippen LogP contribution in [0.2, 0.25) is 0 Å². The lowest BCUT2D eigenvalue weighted by Gasteiger charge is -2.10. The van der Waals surface area contributed by atoms with Gasteiger partial charge in [-0.2, -0.15) is 0 Å². The summed E-state index contributed by atoms with van der Waals surface area (Å²) in [5, 5.41) is 6.48. The molecule has 0 aliphatic heterocycles. The standard InChI is InChI=1S/C16H22N4OS/c1-12-13(2)21-15(20-12)11-19-16(17-3)18-9-10-22-14-7-5-4-6-8-14/h4-8H,9-11H2,1-3H3,(H2,17,18,19). The zero-order valence-corrected chi connectivity index (χ0v) is 14.0. The first-order valence-corrected chi connectivity index (χ1v) is 8.23. The van der Waals surface area contributed by atoms with Crippen molar-refractivity contribution < 1.29 is 4.42 Å². The topological polar surface area (TPSA) is 62.5 Å². The minimum absolute atomic E-state index is 0.528. The summed E-state index contributed by atoms with van der Waals surface area (Å²) in [7, 11) is 1.76. The van der Waals surface area contributed by atoms with E-state index in [0.717, 1.165) is 29.7 Å². The molecule has 0 radical (unpaired) electrons. The Morgan fingerprint density at radius 2 is 2.00 bits per heavy atom. The number of benzene rings is 1. The lowest BCUT2D eigenvalue weighted by Crippen LogP contribution is -2.38. The molecule has 6 heteroatoms. The molecular formula is C16H22N4OS. The van der Waals surface area contributed by atoms with E-state index < -0.39 is 0 Å². The Morgan fingerprint density at radius 3 is 2.64 bits per heavy atom. The molecule has 1 aromatic heterocycles. The first kappa shape index (κ1) is 16.4. The molecule has 0 aliphatic carbocycles. The number of aryl methyl sites for hydroxylation is 2. The van der Waals surface area contributed by atoms with Crippen LogP contribution in [0, 0.1) is 13.8 Å². The average Bonchev–Trinajstić information content (AvgIpc) is 2.86. The molecule has 22 heavy (non-hydrogen) atoms. The fourth-order valence-corrected chi connectivity index (χ4v) is 2.64. The predicted octanol–water partition coefficient (Wildman–Crippen LogP) is 2.75. The molecule has 5 nitrogen and oxygen atoms in total. The van der Waals surface area contributed by atoms with E-state index in [9.17, 15) is 0 Å². The smallest absolute Gasteiger partial charge is 0.214 e. The second-order valence-corrected chi connectivity index (χ2v) is 5.93. The molecule has 1 heterocycles. The van der Waals surface area contributed by atoms with Gasteiger partial charge in [-0.1, -0.05) is 18.2 Å². The van der Waals surface area contributed by atoms with Crippen LogP contribution in [0.4, 0.5) is 0 Å². The number of aliphatic imine (C=N–C) groups is 1. The number of hydrogen-bond donors (Lipinski definition) is 2. The summed E-state index contributed by atoms with van der Waals surface area (Å²) >= 11 is 1.82. The Balaban J connectivity index is 1.69. The van der Waals surface area contributed by atoms with E-state index >= 15 is 0 Å². The maximum atomic E-state index is 5.53. The molecule has 0 atom stereocenters. The van der Waals surface area contributed by atoms with Gasteiger partial charge in [0.15, 0.2) is 5.96 Å². The summed E-state index contributed by atoms with van der Waals surface area (Å²) in [6, 6.07) is 10.4. The first-order valence-electron chi connectivity index (χ1n) is 7.24. The molecule has 0 aliphatic rings. The third-order valence-electron chi connectivity index (χ3n) is 3.11. The van der Waals surface area contributed by atoms with Gasteiger partial charge < -0.3 is 15.1 Å². The molecule has 0 bridgehead atoms. The van der Waals surface area contributed by atoms with Crippen LogP contribution in [0.3, 0.4) is 0 Å². The van der Waals surface area contributed by atoms with Gasteiger partial charge in [-0.05, 0) is 26.0 Å². The minimum atomic E-state index is 0.528. The number of hydrogen-bond acceptors (Lipinski definition) is 4. The van der Waals surface area contributed by atoms with Crippen molar-refractivity contribution >= 4 is 17.7 Å². The van der Waals surface area contributed by atoms with Gasteiger partial charge in [-0.3, -0.25) is 4.99 Å². The fourth-order valence-electron chi connectivity index (χ4n) is 1.85. The van der Waals surface area contributed by atoms with Crippen LogP contribution >= 0.6 is 11.8 Å². The van der Waals surface area contributed by atoms with Crippen LogP contribution < -0.4 is 10.6 Å². The van der Waals surface area contributed by atoms with Crippen molar-refractivity contribution in [1.82, 2.24) is 15.6 Å². The van der Waals surface area contributed by atoms with Gasteiger partial charge in [-0.25, -0.2) is 4.98 Å². The number of rotatable bonds is 6. The van der Waals surface area contributed by atoms with E-state index in [0.29, 0.717) is 12.4 Å². The van der Waals surface area contributed by atoms with Crippen molar-refractivity contribution in [3.8, 4) is 0 Å². The molecule has 0 spiro atoms. The van der Waals surface area contributed by atoms with Gasteiger partial charge in [-0.15, -0.1) is 11.8 Å². The number of nitrogens with zero attached hydrogens (tertiary/aromatic N) is 2. The maximum absolute atomic E-state index is 5.53. The van der Waals surface area contributed by atoms with Gasteiger partial charge >= 0.3 is 0 Å². The van der Waals surface area contributed by atoms with Crippen molar-refractivity contribution in [2.45, 2.75) is 25.3 Å². The summed E-state index contributed by atoms with van der Waals surface area (Å²) in [6.07, 6.45) is 0. The van der Waals surface area contributed by atoms with Gasteiger partial charge in [0.1, 0.15) is 5.76 Å². The zero-order chi connectivity index (χ0) is 15.8. The Kier molecular flexibility index (Phi) is 6.33. The van der Waals surface area contributed by atoms with E-state index in [-0.39, 0.29) is 0 Å². The van der Waals surface area contributed by atoms with Crippen molar-refractivity contribution in [3.05, 3.63) is 47.7 Å². The third kappa shape index (κ3) is 5.11. The number of oxazole rings is 1. The highest BCUT2D eigenvalue weighted by Crippen LogP contribution is 2.15. The second-order valence-electron chi connectivity index (χ2n) is 4.76. The largest absolute Gasteiger partial charge is 0.444 e. The Hall–Kier alpha value is -1.95. The summed E-state index contributed by atoms with van der Waals surface area (Å²) in [6.45, 7) is 5.22. The highest BCUT2D eigenvalue weighted by atomic mass is 32.2. The van der Waals surface area contributed by atoms with Crippen LogP contribution in [0.25, 0.3) is 0 Å². The highest BCUT2D eigenvalue weighted by Gasteiger charge is 2.06. The Labute approximate surface area is 135 Å². The van der Waals surface area contributed by atoms with Gasteiger partial charge in [0.25, 0.3) is 0 Å². The SMILES string of the molecule is CN=C(NCCSc1ccccc1)NCc1nc(C)c(C)o1. The lowest BCUT2D eigenvalue weighted by molar-refractivity contribution is 0.464. The molecule has 118 valence electrons. The quantitative estimate of drug-likeness (QED) is 0.371. The average molecular weight is 318 g/mol. The zero-order valence-electron chi connectivity index (χ0n) is 13.2. The van der Waals surface area contributed by atoms with Crippen molar-refractivity contribution in [2.24, 2.45) is 4.99 Å². The number of aromatic nitrogens is 1. The fraction of sp³-hybridized carbons (Fsp3) is 0.375. The molecule has 0 unspecified atom stereocenters. The molecule has 2 N–H and O–H groups in total. The van der Waals surface area contributed by atoms with Crippen LogP contribution in [0.5, 0.6) is 0 Å². The van der Waals surface area contributed by atoms with Crippen LogP contribution in [0.15, 0.2) is 44.6 Å². The molecule has 1 aromatic carbocycles. The van der Waals surface area contributed by atoms with Crippen molar-refractivity contribution in [2.75, 3.05) is 19.3 Å². The Bertz CT molecular complexity index is 590. The number of nitrogens with one attached hydrogen (secondary N) is 2. The third-order valence-corrected chi connectivity index (χ3v) is 4.12. The molecule has 0 fully saturated rings. The van der Waals surface area contributed by atoms with Crippen LogP contribution in [0.1, 0.15) is 17.3 Å². The van der Waals surface area contributed by atoms with Gasteiger partial charge in [0, 0.05) is 24.2 Å². The van der Waals surface area contributed by atoms with E-state index in [1.54, 1.807) is 7.05 Å². The first-order chi connectivity index (χ1) is 10.7. The van der Waals surface area contributed by atoms with E-state index in [1.807, 2.05) is 31.7 Å². The van der Waals surface area contributed by atoms with Crippen LogP contribution in [-0.2, 0) is 6.54 Å². The van der Waals surface area contributed by atoms with E-state index in [2.05, 4.69) is 44.9 Å². The van der Waals surface area contributed by atoms with Gasteiger partial charge in [0.2, 0.25) is 5.89 Å². The molecule has 0 saturated carbocycles. The second kappa shape index (κ2) is 8.48. The highest BCUT2D eigenvalue weighted by molar-refractivity contribution is 7.99. The maximum Gasteiger partial charge on any atom is 0.214 e. The summed E-state index contributed by atoms with van der Waals surface area (Å²) in [4.78, 5) is 9.81. The molecule has 0 saturated heterocycles. The number of thioether (sulfide) groups is 1.